The molecule has 2 amide bonds. The summed E-state index contributed by atoms with van der Waals surface area (Å²) >= 11 is 1.70. The van der Waals surface area contributed by atoms with E-state index in [4.69, 9.17) is 5.11 Å². The topological polar surface area (TPSA) is 85.2 Å². The van der Waals surface area contributed by atoms with Gasteiger partial charge < -0.3 is 15.3 Å². The highest BCUT2D eigenvalue weighted by atomic mass is 32.2. The van der Waals surface area contributed by atoms with Gasteiger partial charge in [-0.1, -0.05) is 18.0 Å². The van der Waals surface area contributed by atoms with E-state index in [2.05, 4.69) is 33.7 Å². The largest absolute Gasteiger partial charge is 0.419 e. The summed E-state index contributed by atoms with van der Waals surface area (Å²) in [5.41, 5.74) is 0.971. The minimum Gasteiger partial charge on any atom is -0.400 e. The number of amides is 2. The molecule has 0 unspecified atom stereocenters. The number of anilines is 1. The second-order valence-electron chi connectivity index (χ2n) is 9.91. The molecular formula is C28H32F4N4O3S. The number of amidine groups is 1. The smallest absolute Gasteiger partial charge is 0.400 e. The molecule has 3 heterocycles. The van der Waals surface area contributed by atoms with E-state index < -0.39 is 23.1 Å². The number of nitrogens with one attached hydrogen (secondary N) is 1. The van der Waals surface area contributed by atoms with Crippen molar-refractivity contribution >= 4 is 35.3 Å². The van der Waals surface area contributed by atoms with Crippen LogP contribution in [0.2, 0.25) is 0 Å². The van der Waals surface area contributed by atoms with E-state index in [9.17, 15) is 27.2 Å². The number of piperidine rings is 1. The third-order valence-electron chi connectivity index (χ3n) is 7.43. The molecule has 5 rings (SSSR count). The van der Waals surface area contributed by atoms with Crippen LogP contribution in [0.3, 0.4) is 0 Å². The van der Waals surface area contributed by atoms with Gasteiger partial charge in [-0.2, -0.15) is 13.2 Å². The van der Waals surface area contributed by atoms with Gasteiger partial charge in [0, 0.05) is 50.2 Å². The first-order chi connectivity index (χ1) is 19.1. The van der Waals surface area contributed by atoms with Crippen LogP contribution in [0.1, 0.15) is 47.9 Å². The molecule has 0 aromatic heterocycles. The van der Waals surface area contributed by atoms with Gasteiger partial charge in [0.25, 0.3) is 5.91 Å². The standard InChI is InChI=1S/C27H28F4N4O2S.CH4O/c1-17-15-20(35-11-2-3-23(35)36)6-4-18(17)8-14-38-34-12-9-26(10-13-34)25(37)32-24(33-26)19-5-7-22(28)21(16-19)27(29,30)31;1-2/h4-7,15-16H,2-3,8-14H2,1H3,(H,32,33,37);2H,1H3. The van der Waals surface area contributed by atoms with Crippen LogP contribution in [-0.4, -0.2) is 65.1 Å². The zero-order valence-electron chi connectivity index (χ0n) is 22.4. The lowest BCUT2D eigenvalue weighted by molar-refractivity contribution is -0.140. The van der Waals surface area contributed by atoms with Crippen LogP contribution in [0.15, 0.2) is 41.4 Å². The lowest BCUT2D eigenvalue weighted by atomic mass is 9.89. The lowest BCUT2D eigenvalue weighted by Crippen LogP contribution is -2.47. The molecular weight excluding hydrogens is 548 g/mol. The highest BCUT2D eigenvalue weighted by Gasteiger charge is 2.46. The molecule has 0 bridgehead atoms. The van der Waals surface area contributed by atoms with E-state index in [0.29, 0.717) is 38.4 Å². The molecule has 0 saturated carbocycles. The summed E-state index contributed by atoms with van der Waals surface area (Å²) in [4.78, 5) is 31.2. The second kappa shape index (κ2) is 12.3. The molecule has 0 atom stereocenters. The lowest BCUT2D eigenvalue weighted by Gasteiger charge is -2.34. The average Bonchev–Trinajstić information content (AvgIpc) is 3.50. The van der Waals surface area contributed by atoms with Crippen molar-refractivity contribution in [3.05, 3.63) is 64.5 Å². The van der Waals surface area contributed by atoms with Crippen LogP contribution in [0.4, 0.5) is 23.2 Å². The van der Waals surface area contributed by atoms with Crippen molar-refractivity contribution in [3.8, 4) is 0 Å². The highest BCUT2D eigenvalue weighted by molar-refractivity contribution is 7.97. The Hall–Kier alpha value is -2.96. The first-order valence-corrected chi connectivity index (χ1v) is 14.0. The molecule has 0 radical (unpaired) electrons. The molecule has 2 aromatic carbocycles. The second-order valence-corrected chi connectivity index (χ2v) is 11.1. The Morgan fingerprint density at radius 1 is 1.07 bits per heavy atom. The Kier molecular flexibility index (Phi) is 9.21. The number of carbonyl (C=O) groups is 2. The molecule has 2 saturated heterocycles. The summed E-state index contributed by atoms with van der Waals surface area (Å²) in [7, 11) is 1.00. The number of aliphatic hydroxyl groups is 1. The molecule has 12 heteroatoms. The fraction of sp³-hybridized carbons (Fsp3) is 0.464. The number of hydrogen-bond acceptors (Lipinski definition) is 6. The maximum absolute atomic E-state index is 13.7. The minimum absolute atomic E-state index is 0.0382. The van der Waals surface area contributed by atoms with Crippen molar-refractivity contribution in [2.24, 2.45) is 4.99 Å². The Labute approximate surface area is 234 Å². The Morgan fingerprint density at radius 3 is 2.42 bits per heavy atom. The van der Waals surface area contributed by atoms with Gasteiger partial charge in [-0.3, -0.25) is 18.9 Å². The van der Waals surface area contributed by atoms with E-state index >= 15 is 0 Å². The van der Waals surface area contributed by atoms with Crippen molar-refractivity contribution in [3.63, 3.8) is 0 Å². The summed E-state index contributed by atoms with van der Waals surface area (Å²) < 4.78 is 55.2. The van der Waals surface area contributed by atoms with Gasteiger partial charge in [-0.15, -0.1) is 0 Å². The summed E-state index contributed by atoms with van der Waals surface area (Å²) in [5, 5.41) is 9.61. The quantitative estimate of drug-likeness (QED) is 0.389. The van der Waals surface area contributed by atoms with Gasteiger partial charge >= 0.3 is 6.18 Å². The van der Waals surface area contributed by atoms with Crippen LogP contribution in [0.25, 0.3) is 0 Å². The molecule has 2 N–H and O–H groups in total. The molecule has 1 spiro atoms. The van der Waals surface area contributed by atoms with Crippen molar-refractivity contribution in [1.29, 1.82) is 0 Å². The van der Waals surface area contributed by atoms with Crippen molar-refractivity contribution < 1.29 is 32.3 Å². The van der Waals surface area contributed by atoms with Crippen LogP contribution in [-0.2, 0) is 22.2 Å². The van der Waals surface area contributed by atoms with Gasteiger partial charge in [-0.05, 0) is 74.1 Å². The number of aliphatic imine (C=N–C) groups is 1. The molecule has 7 nitrogen and oxygen atoms in total. The van der Waals surface area contributed by atoms with Crippen LogP contribution < -0.4 is 10.2 Å². The Morgan fingerprint density at radius 2 is 1.80 bits per heavy atom. The molecule has 3 aliphatic rings. The van der Waals surface area contributed by atoms with Gasteiger partial charge in [0.05, 0.1) is 5.56 Å². The predicted octanol–water partition coefficient (Wildman–Crippen LogP) is 4.49. The first-order valence-electron chi connectivity index (χ1n) is 13.1. The highest BCUT2D eigenvalue weighted by Crippen LogP contribution is 2.36. The fourth-order valence-electron chi connectivity index (χ4n) is 5.20. The molecule has 216 valence electrons. The zero-order valence-corrected chi connectivity index (χ0v) is 23.2. The molecule has 0 aliphatic carbocycles. The van der Waals surface area contributed by atoms with Crippen molar-refractivity contribution in [1.82, 2.24) is 9.62 Å². The molecule has 40 heavy (non-hydrogen) atoms. The molecule has 2 fully saturated rings. The number of nitrogens with zero attached hydrogens (tertiary/aromatic N) is 3. The van der Waals surface area contributed by atoms with E-state index in [0.717, 1.165) is 49.6 Å². The number of rotatable bonds is 6. The number of carbonyl (C=O) groups excluding carboxylic acids is 2. The Bertz CT molecular complexity index is 1290. The maximum Gasteiger partial charge on any atom is 0.419 e. The monoisotopic (exact) mass is 580 g/mol. The summed E-state index contributed by atoms with van der Waals surface area (Å²) in [6.45, 7) is 4.05. The van der Waals surface area contributed by atoms with Gasteiger partial charge in [0.1, 0.15) is 17.2 Å². The number of alkyl halides is 3. The summed E-state index contributed by atoms with van der Waals surface area (Å²) in [5.74, 6) is -0.615. The SMILES string of the molecule is CO.Cc1cc(N2CCCC2=O)ccc1CCSN1CCC2(CC1)N=C(c1ccc(F)c(C(F)(F)F)c1)NC2=O. The van der Waals surface area contributed by atoms with Gasteiger partial charge in [0.15, 0.2) is 0 Å². The number of aryl methyl sites for hydroxylation is 2. The van der Waals surface area contributed by atoms with Crippen LogP contribution in [0, 0.1) is 12.7 Å². The number of benzene rings is 2. The third kappa shape index (κ3) is 6.34. The summed E-state index contributed by atoms with van der Waals surface area (Å²) in [6.07, 6.45) is -1.58. The number of aliphatic hydroxyl groups excluding tert-OH is 1. The molecule has 2 aromatic rings. The zero-order chi connectivity index (χ0) is 29.1. The predicted molar refractivity (Wildman–Crippen MR) is 147 cm³/mol. The Balaban J connectivity index is 0.00000181. The van der Waals surface area contributed by atoms with Crippen LogP contribution in [0.5, 0.6) is 0 Å². The minimum atomic E-state index is -4.84. The van der Waals surface area contributed by atoms with E-state index in [-0.39, 0.29) is 23.2 Å². The average molecular weight is 581 g/mol. The van der Waals surface area contributed by atoms with Gasteiger partial charge in [0.2, 0.25) is 5.91 Å². The molecule has 3 aliphatic heterocycles. The fourth-order valence-corrected chi connectivity index (χ4v) is 6.21. The number of hydrogen-bond donors (Lipinski definition) is 2. The number of halogens is 4. The van der Waals surface area contributed by atoms with Crippen molar-refractivity contribution in [2.75, 3.05) is 37.4 Å². The first kappa shape index (κ1) is 30.0. The van der Waals surface area contributed by atoms with E-state index in [1.807, 2.05) is 11.0 Å². The van der Waals surface area contributed by atoms with E-state index in [1.54, 1.807) is 11.9 Å². The third-order valence-corrected chi connectivity index (χ3v) is 8.55. The van der Waals surface area contributed by atoms with Crippen molar-refractivity contribution in [2.45, 2.75) is 50.7 Å². The van der Waals surface area contributed by atoms with E-state index in [1.165, 1.54) is 11.6 Å². The van der Waals surface area contributed by atoms with Crippen LogP contribution >= 0.6 is 11.9 Å². The maximum atomic E-state index is 13.7. The van der Waals surface area contributed by atoms with Gasteiger partial charge in [-0.25, -0.2) is 4.39 Å². The normalized spacial score (nSPS) is 19.0. The summed E-state index contributed by atoms with van der Waals surface area (Å²) in [6, 6.07) is 8.80.